The van der Waals surface area contributed by atoms with Crippen LogP contribution in [0, 0.1) is 0 Å². The van der Waals surface area contributed by atoms with E-state index in [0.29, 0.717) is 6.04 Å². The van der Waals surface area contributed by atoms with Gasteiger partial charge >= 0.3 is 0 Å². The Labute approximate surface area is 108 Å². The fourth-order valence-corrected chi connectivity index (χ4v) is 3.10. The van der Waals surface area contributed by atoms with E-state index < -0.39 is 0 Å². The number of nitrogens with zero attached hydrogens (tertiary/aromatic N) is 2. The molecule has 2 aliphatic heterocycles. The molecule has 3 heteroatoms. The third kappa shape index (κ3) is 1.80. The Bertz CT molecular complexity index is 483. The van der Waals surface area contributed by atoms with Crippen molar-refractivity contribution in [2.75, 3.05) is 24.5 Å². The first-order valence-corrected chi connectivity index (χ1v) is 6.55. The van der Waals surface area contributed by atoms with Gasteiger partial charge in [-0.15, -0.1) is 0 Å². The van der Waals surface area contributed by atoms with Gasteiger partial charge in [0.1, 0.15) is 0 Å². The maximum Gasteiger partial charge on any atom is 0.246 e. The lowest BCUT2D eigenvalue weighted by Crippen LogP contribution is -2.40. The number of para-hydroxylation sites is 1. The van der Waals surface area contributed by atoms with Gasteiger partial charge in [-0.3, -0.25) is 4.79 Å². The van der Waals surface area contributed by atoms with Gasteiger partial charge in [0.05, 0.1) is 6.04 Å². The topological polar surface area (TPSA) is 23.6 Å². The van der Waals surface area contributed by atoms with Crippen LogP contribution in [0.3, 0.4) is 0 Å². The maximum atomic E-state index is 11.8. The molecule has 1 atom stereocenters. The van der Waals surface area contributed by atoms with E-state index in [2.05, 4.69) is 35.7 Å². The van der Waals surface area contributed by atoms with Crippen LogP contribution in [0.5, 0.6) is 0 Å². The van der Waals surface area contributed by atoms with Gasteiger partial charge in [0, 0.05) is 25.3 Å². The van der Waals surface area contributed by atoms with Gasteiger partial charge in [-0.1, -0.05) is 24.8 Å². The average molecular weight is 242 g/mol. The molecule has 1 aromatic carbocycles. The summed E-state index contributed by atoms with van der Waals surface area (Å²) in [6.45, 7) is 6.30. The molecule has 0 aromatic heterocycles. The van der Waals surface area contributed by atoms with E-state index in [0.717, 1.165) is 32.5 Å². The van der Waals surface area contributed by atoms with Crippen molar-refractivity contribution in [3.63, 3.8) is 0 Å². The van der Waals surface area contributed by atoms with Gasteiger partial charge in [0.2, 0.25) is 5.91 Å². The second kappa shape index (κ2) is 4.48. The first-order valence-electron chi connectivity index (χ1n) is 6.55. The molecule has 1 unspecified atom stereocenters. The monoisotopic (exact) mass is 242 g/mol. The number of fused-ring (bicyclic) bond motifs is 3. The number of carbonyl (C=O) groups excluding carboxylic acids is 1. The largest absolute Gasteiger partial charge is 0.366 e. The standard InChI is InChI=1S/C15H18N2O/c1-2-15(18)16-8-5-9-17-13(11-16)10-12-6-3-4-7-14(12)17/h2-4,6-7,13H,1,5,8-11H2. The Morgan fingerprint density at radius 1 is 1.33 bits per heavy atom. The summed E-state index contributed by atoms with van der Waals surface area (Å²) >= 11 is 0. The summed E-state index contributed by atoms with van der Waals surface area (Å²) in [7, 11) is 0. The van der Waals surface area contributed by atoms with Crippen molar-refractivity contribution < 1.29 is 4.79 Å². The number of anilines is 1. The molecule has 18 heavy (non-hydrogen) atoms. The molecule has 3 nitrogen and oxygen atoms in total. The summed E-state index contributed by atoms with van der Waals surface area (Å²) in [6, 6.07) is 9.02. The van der Waals surface area contributed by atoms with Crippen molar-refractivity contribution in [3.05, 3.63) is 42.5 Å². The van der Waals surface area contributed by atoms with Gasteiger partial charge < -0.3 is 9.80 Å². The van der Waals surface area contributed by atoms with E-state index in [4.69, 9.17) is 0 Å². The molecule has 0 radical (unpaired) electrons. The van der Waals surface area contributed by atoms with Crippen molar-refractivity contribution in [1.29, 1.82) is 0 Å². The maximum absolute atomic E-state index is 11.8. The Morgan fingerprint density at radius 3 is 3.00 bits per heavy atom. The van der Waals surface area contributed by atoms with Crippen molar-refractivity contribution in [2.24, 2.45) is 0 Å². The minimum Gasteiger partial charge on any atom is -0.366 e. The minimum atomic E-state index is 0.0628. The Hall–Kier alpha value is -1.77. The first kappa shape index (κ1) is 11.3. The smallest absolute Gasteiger partial charge is 0.246 e. The molecular weight excluding hydrogens is 224 g/mol. The van der Waals surface area contributed by atoms with E-state index >= 15 is 0 Å². The molecule has 0 N–H and O–H groups in total. The van der Waals surface area contributed by atoms with Gasteiger partial charge in [-0.2, -0.15) is 0 Å². The molecule has 0 bridgehead atoms. The summed E-state index contributed by atoms with van der Waals surface area (Å²) in [4.78, 5) is 16.2. The number of carbonyl (C=O) groups is 1. The van der Waals surface area contributed by atoms with Crippen LogP contribution in [-0.4, -0.2) is 36.5 Å². The number of hydrogen-bond donors (Lipinski definition) is 0. The van der Waals surface area contributed by atoms with Crippen molar-refractivity contribution >= 4 is 11.6 Å². The van der Waals surface area contributed by atoms with Gasteiger partial charge in [0.25, 0.3) is 0 Å². The number of rotatable bonds is 1. The molecule has 94 valence electrons. The summed E-state index contributed by atoms with van der Waals surface area (Å²) in [5.74, 6) is 0.0628. The zero-order valence-corrected chi connectivity index (χ0v) is 10.5. The van der Waals surface area contributed by atoms with E-state index in [1.165, 1.54) is 17.3 Å². The van der Waals surface area contributed by atoms with Gasteiger partial charge in [0.15, 0.2) is 0 Å². The average Bonchev–Trinajstić information content (AvgIpc) is 2.61. The van der Waals surface area contributed by atoms with Crippen LogP contribution in [0.25, 0.3) is 0 Å². The normalized spacial score (nSPS) is 22.1. The second-order valence-corrected chi connectivity index (χ2v) is 5.02. The molecule has 2 aliphatic rings. The molecule has 1 fully saturated rings. The Kier molecular flexibility index (Phi) is 2.82. The van der Waals surface area contributed by atoms with Crippen molar-refractivity contribution in [1.82, 2.24) is 4.90 Å². The highest BCUT2D eigenvalue weighted by molar-refractivity contribution is 5.87. The highest BCUT2D eigenvalue weighted by atomic mass is 16.2. The Morgan fingerprint density at radius 2 is 2.17 bits per heavy atom. The SMILES string of the molecule is C=CC(=O)N1CCCN2c3ccccc3CC2C1. The zero-order chi connectivity index (χ0) is 12.5. The van der Waals surface area contributed by atoms with E-state index in [1.807, 2.05) is 4.90 Å². The van der Waals surface area contributed by atoms with Gasteiger partial charge in [-0.25, -0.2) is 0 Å². The quantitative estimate of drug-likeness (QED) is 0.702. The fourth-order valence-electron chi connectivity index (χ4n) is 3.10. The Balaban J connectivity index is 1.84. The molecule has 0 saturated carbocycles. The van der Waals surface area contributed by atoms with Crippen LogP contribution >= 0.6 is 0 Å². The third-order valence-electron chi connectivity index (χ3n) is 3.94. The van der Waals surface area contributed by atoms with Crippen molar-refractivity contribution in [2.45, 2.75) is 18.9 Å². The van der Waals surface area contributed by atoms with Crippen LogP contribution in [0.15, 0.2) is 36.9 Å². The number of hydrogen-bond acceptors (Lipinski definition) is 2. The van der Waals surface area contributed by atoms with Crippen molar-refractivity contribution in [3.8, 4) is 0 Å². The lowest BCUT2D eigenvalue weighted by atomic mass is 10.1. The predicted molar refractivity (Wildman–Crippen MR) is 72.7 cm³/mol. The summed E-state index contributed by atoms with van der Waals surface area (Å²) < 4.78 is 0. The van der Waals surface area contributed by atoms with Crippen LogP contribution in [0.2, 0.25) is 0 Å². The molecule has 1 saturated heterocycles. The first-order chi connectivity index (χ1) is 8.79. The molecule has 1 amide bonds. The van der Waals surface area contributed by atoms with Crippen LogP contribution in [-0.2, 0) is 11.2 Å². The number of benzene rings is 1. The highest BCUT2D eigenvalue weighted by Crippen LogP contribution is 2.33. The van der Waals surface area contributed by atoms with E-state index in [-0.39, 0.29) is 5.91 Å². The van der Waals surface area contributed by atoms with Crippen LogP contribution in [0.1, 0.15) is 12.0 Å². The summed E-state index contributed by atoms with van der Waals surface area (Å²) in [5.41, 5.74) is 2.77. The zero-order valence-electron chi connectivity index (χ0n) is 10.5. The molecule has 0 spiro atoms. The van der Waals surface area contributed by atoms with E-state index in [1.54, 1.807) is 0 Å². The molecule has 3 rings (SSSR count). The fraction of sp³-hybridized carbons (Fsp3) is 0.400. The molecular formula is C15H18N2O. The summed E-state index contributed by atoms with van der Waals surface area (Å²) in [6.07, 6.45) is 3.51. The lowest BCUT2D eigenvalue weighted by Gasteiger charge is -2.27. The predicted octanol–water partition coefficient (Wildman–Crippen LogP) is 1.84. The number of amides is 1. The molecule has 1 aromatic rings. The summed E-state index contributed by atoms with van der Waals surface area (Å²) in [5, 5.41) is 0. The van der Waals surface area contributed by atoms with Crippen LogP contribution < -0.4 is 4.90 Å². The third-order valence-corrected chi connectivity index (χ3v) is 3.94. The minimum absolute atomic E-state index is 0.0628. The van der Waals surface area contributed by atoms with Gasteiger partial charge in [-0.05, 0) is 30.5 Å². The highest BCUT2D eigenvalue weighted by Gasteiger charge is 2.32. The molecule has 0 aliphatic carbocycles. The molecule has 2 heterocycles. The second-order valence-electron chi connectivity index (χ2n) is 5.02. The van der Waals surface area contributed by atoms with Crippen LogP contribution in [0.4, 0.5) is 5.69 Å². The van der Waals surface area contributed by atoms with E-state index in [9.17, 15) is 4.79 Å². The lowest BCUT2D eigenvalue weighted by molar-refractivity contribution is -0.126.